The van der Waals surface area contributed by atoms with E-state index in [-0.39, 0.29) is 18.4 Å². The standard InChI is InChI=1S/C27H39N3O5/c1-8-18(15-27(6,7)9-2)16-29-21-13-11-10-12-20(21)28-24(29)34-19-14-22(23(31)32)30(17-19)25(33)35-26(3,4)5/h9-13,18-19,22H,2,8,14-17H2,1,3-7H3,(H,31,32). The number of carbonyl (C=O) groups excluding carboxylic acids is 1. The zero-order valence-corrected chi connectivity index (χ0v) is 21.8. The molecule has 35 heavy (non-hydrogen) atoms. The van der Waals surface area contributed by atoms with Gasteiger partial charge in [0.15, 0.2) is 0 Å². The number of benzene rings is 1. The van der Waals surface area contributed by atoms with Crippen LogP contribution in [0.4, 0.5) is 4.79 Å². The predicted molar refractivity (Wildman–Crippen MR) is 136 cm³/mol. The number of likely N-dealkylation sites (tertiary alicyclic amines) is 1. The fourth-order valence-electron chi connectivity index (χ4n) is 4.53. The van der Waals surface area contributed by atoms with E-state index in [1.54, 1.807) is 20.8 Å². The lowest BCUT2D eigenvalue weighted by atomic mass is 9.82. The van der Waals surface area contributed by atoms with Crippen LogP contribution in [0.1, 0.15) is 60.8 Å². The first-order valence-corrected chi connectivity index (χ1v) is 12.3. The quantitative estimate of drug-likeness (QED) is 0.471. The van der Waals surface area contributed by atoms with Crippen LogP contribution in [0.15, 0.2) is 36.9 Å². The van der Waals surface area contributed by atoms with Gasteiger partial charge in [-0.2, -0.15) is 4.98 Å². The topological polar surface area (TPSA) is 93.9 Å². The summed E-state index contributed by atoms with van der Waals surface area (Å²) in [7, 11) is 0. The number of imidazole rings is 1. The number of carboxylic acids is 1. The van der Waals surface area contributed by atoms with Crippen molar-refractivity contribution in [2.45, 2.75) is 85.1 Å². The number of hydrogen-bond donors (Lipinski definition) is 1. The molecule has 3 atom stereocenters. The number of hydrogen-bond acceptors (Lipinski definition) is 5. The van der Waals surface area contributed by atoms with Crippen molar-refractivity contribution in [1.82, 2.24) is 14.5 Å². The van der Waals surface area contributed by atoms with Gasteiger partial charge in [-0.1, -0.05) is 45.4 Å². The number of fused-ring (bicyclic) bond motifs is 1. The molecule has 0 spiro atoms. The molecule has 0 bridgehead atoms. The third kappa shape index (κ3) is 6.55. The van der Waals surface area contributed by atoms with Crippen LogP contribution in [0.25, 0.3) is 11.0 Å². The van der Waals surface area contributed by atoms with Crippen molar-refractivity contribution < 1.29 is 24.2 Å². The van der Waals surface area contributed by atoms with E-state index in [0.29, 0.717) is 18.5 Å². The van der Waals surface area contributed by atoms with E-state index < -0.39 is 29.8 Å². The molecule has 2 aromatic rings. The van der Waals surface area contributed by atoms with Crippen LogP contribution in [0.5, 0.6) is 6.01 Å². The van der Waals surface area contributed by atoms with Gasteiger partial charge in [0.05, 0.1) is 17.6 Å². The molecule has 1 aromatic carbocycles. The normalized spacial score (nSPS) is 19.5. The first kappa shape index (κ1) is 26.6. The summed E-state index contributed by atoms with van der Waals surface area (Å²) in [5.41, 5.74) is 1.07. The van der Waals surface area contributed by atoms with Crippen LogP contribution >= 0.6 is 0 Å². The van der Waals surface area contributed by atoms with Crippen LogP contribution < -0.4 is 4.74 Å². The number of aliphatic carboxylic acids is 1. The average Bonchev–Trinajstić information content (AvgIpc) is 3.34. The van der Waals surface area contributed by atoms with Crippen molar-refractivity contribution in [3.63, 3.8) is 0 Å². The van der Waals surface area contributed by atoms with E-state index in [0.717, 1.165) is 23.9 Å². The summed E-state index contributed by atoms with van der Waals surface area (Å²) in [5, 5.41) is 9.73. The molecule has 1 fully saturated rings. The van der Waals surface area contributed by atoms with Gasteiger partial charge in [0.1, 0.15) is 17.7 Å². The Hall–Kier alpha value is -3.03. The molecule has 1 aliphatic heterocycles. The maximum atomic E-state index is 12.7. The number of carbonyl (C=O) groups is 2. The zero-order valence-electron chi connectivity index (χ0n) is 21.8. The first-order chi connectivity index (χ1) is 16.3. The largest absolute Gasteiger partial charge is 0.480 e. The second-order valence-corrected chi connectivity index (χ2v) is 11.1. The number of carboxylic acid groups (broad SMARTS) is 1. The molecule has 8 heteroatoms. The summed E-state index contributed by atoms with van der Waals surface area (Å²) in [6.45, 7) is 16.6. The fraction of sp³-hybridized carbons (Fsp3) is 0.593. The van der Waals surface area contributed by atoms with E-state index in [9.17, 15) is 14.7 Å². The van der Waals surface area contributed by atoms with Gasteiger partial charge in [0.2, 0.25) is 0 Å². The summed E-state index contributed by atoms with van der Waals surface area (Å²) in [6.07, 6.45) is 2.95. The molecule has 2 heterocycles. The van der Waals surface area contributed by atoms with Crippen molar-refractivity contribution in [3.05, 3.63) is 36.9 Å². The molecule has 3 rings (SSSR count). The van der Waals surface area contributed by atoms with Crippen molar-refractivity contribution in [2.24, 2.45) is 11.3 Å². The highest BCUT2D eigenvalue weighted by atomic mass is 16.6. The van der Waals surface area contributed by atoms with E-state index >= 15 is 0 Å². The number of aromatic nitrogens is 2. The number of nitrogens with zero attached hydrogens (tertiary/aromatic N) is 3. The van der Waals surface area contributed by atoms with Gasteiger partial charge in [0.25, 0.3) is 6.01 Å². The average molecular weight is 486 g/mol. The second-order valence-electron chi connectivity index (χ2n) is 11.1. The lowest BCUT2D eigenvalue weighted by molar-refractivity contribution is -0.142. The highest BCUT2D eigenvalue weighted by Crippen LogP contribution is 2.33. The van der Waals surface area contributed by atoms with Crippen LogP contribution in [0.2, 0.25) is 0 Å². The van der Waals surface area contributed by atoms with Gasteiger partial charge in [-0.05, 0) is 50.7 Å². The molecule has 1 aromatic heterocycles. The second kappa shape index (κ2) is 10.3. The number of allylic oxidation sites excluding steroid dienone is 1. The summed E-state index contributed by atoms with van der Waals surface area (Å²) < 4.78 is 13.8. The van der Waals surface area contributed by atoms with Crippen LogP contribution in [0.3, 0.4) is 0 Å². The Morgan fingerprint density at radius 1 is 1.26 bits per heavy atom. The van der Waals surface area contributed by atoms with Crippen molar-refractivity contribution in [2.75, 3.05) is 6.54 Å². The lowest BCUT2D eigenvalue weighted by Crippen LogP contribution is -2.43. The van der Waals surface area contributed by atoms with Gasteiger partial charge >= 0.3 is 12.1 Å². The Balaban J connectivity index is 1.86. The molecule has 192 valence electrons. The first-order valence-electron chi connectivity index (χ1n) is 12.3. The minimum absolute atomic E-state index is 0.00611. The molecule has 1 saturated heterocycles. The molecule has 0 saturated carbocycles. The van der Waals surface area contributed by atoms with Crippen molar-refractivity contribution in [1.29, 1.82) is 0 Å². The molecular weight excluding hydrogens is 446 g/mol. The van der Waals surface area contributed by atoms with Crippen LogP contribution in [-0.4, -0.2) is 55.9 Å². The maximum Gasteiger partial charge on any atom is 0.411 e. The molecule has 1 amide bonds. The minimum atomic E-state index is -1.08. The summed E-state index contributed by atoms with van der Waals surface area (Å²) in [5.74, 6) is -0.704. The fourth-order valence-corrected chi connectivity index (χ4v) is 4.53. The third-order valence-corrected chi connectivity index (χ3v) is 6.45. The molecule has 1 N–H and O–H groups in total. The predicted octanol–water partition coefficient (Wildman–Crippen LogP) is 5.51. The molecule has 8 nitrogen and oxygen atoms in total. The van der Waals surface area contributed by atoms with E-state index in [1.165, 1.54) is 4.90 Å². The summed E-state index contributed by atoms with van der Waals surface area (Å²) in [6, 6.07) is 7.30. The van der Waals surface area contributed by atoms with Gasteiger partial charge < -0.3 is 14.6 Å². The molecular formula is C27H39N3O5. The summed E-state index contributed by atoms with van der Waals surface area (Å²) in [4.78, 5) is 30.5. The number of rotatable bonds is 9. The molecule has 0 radical (unpaired) electrons. The Labute approximate surface area is 207 Å². The van der Waals surface area contributed by atoms with Crippen LogP contribution in [0, 0.1) is 11.3 Å². The van der Waals surface area contributed by atoms with E-state index in [1.807, 2.05) is 30.3 Å². The van der Waals surface area contributed by atoms with Crippen molar-refractivity contribution >= 4 is 23.1 Å². The SMILES string of the molecule is C=CC(C)(C)CC(CC)Cn1c(OC2CC(C(=O)O)N(C(=O)OC(C)(C)C)C2)nc2ccccc21. The highest BCUT2D eigenvalue weighted by Gasteiger charge is 2.43. The van der Waals surface area contributed by atoms with Crippen LogP contribution in [-0.2, 0) is 16.1 Å². The minimum Gasteiger partial charge on any atom is -0.480 e. The smallest absolute Gasteiger partial charge is 0.411 e. The number of amides is 1. The Kier molecular flexibility index (Phi) is 7.82. The highest BCUT2D eigenvalue weighted by molar-refractivity contribution is 5.81. The van der Waals surface area contributed by atoms with Gasteiger partial charge in [-0.3, -0.25) is 9.47 Å². The Morgan fingerprint density at radius 3 is 2.54 bits per heavy atom. The Bertz CT molecular complexity index is 1070. The molecule has 3 unspecified atom stereocenters. The van der Waals surface area contributed by atoms with E-state index in [2.05, 4.69) is 31.9 Å². The number of ether oxygens (including phenoxy) is 2. The monoisotopic (exact) mass is 485 g/mol. The molecule has 0 aliphatic carbocycles. The third-order valence-electron chi connectivity index (χ3n) is 6.45. The summed E-state index contributed by atoms with van der Waals surface area (Å²) >= 11 is 0. The Morgan fingerprint density at radius 2 is 1.94 bits per heavy atom. The van der Waals surface area contributed by atoms with Gasteiger partial charge in [-0.15, -0.1) is 6.58 Å². The lowest BCUT2D eigenvalue weighted by Gasteiger charge is -2.27. The van der Waals surface area contributed by atoms with Gasteiger partial charge in [-0.25, -0.2) is 9.59 Å². The van der Waals surface area contributed by atoms with Gasteiger partial charge in [0, 0.05) is 13.0 Å². The molecule has 1 aliphatic rings. The number of para-hydroxylation sites is 2. The van der Waals surface area contributed by atoms with Crippen molar-refractivity contribution in [3.8, 4) is 6.01 Å². The maximum absolute atomic E-state index is 12.7. The zero-order chi connectivity index (χ0) is 26.0. The van der Waals surface area contributed by atoms with E-state index in [4.69, 9.17) is 14.5 Å².